The molecule has 5 heteroatoms. The van der Waals surface area contributed by atoms with Gasteiger partial charge < -0.3 is 10.4 Å². The summed E-state index contributed by atoms with van der Waals surface area (Å²) in [4.78, 5) is 0. The Labute approximate surface area is 85.7 Å². The summed E-state index contributed by atoms with van der Waals surface area (Å²) < 4.78 is 37.9. The van der Waals surface area contributed by atoms with E-state index in [-0.39, 0.29) is 17.9 Å². The molecule has 2 nitrogen and oxygen atoms in total. The van der Waals surface area contributed by atoms with Crippen molar-refractivity contribution in [1.29, 1.82) is 0 Å². The molecule has 0 saturated heterocycles. The lowest BCUT2D eigenvalue weighted by Gasteiger charge is -2.21. The van der Waals surface area contributed by atoms with Crippen molar-refractivity contribution >= 4 is 0 Å². The number of phenols is 1. The van der Waals surface area contributed by atoms with Crippen LogP contribution in [0, 0.1) is 0 Å². The van der Waals surface area contributed by atoms with Gasteiger partial charge in [-0.3, -0.25) is 0 Å². The highest BCUT2D eigenvalue weighted by molar-refractivity contribution is 5.36. The maximum absolute atomic E-state index is 12.6. The Morgan fingerprint density at radius 3 is 2.40 bits per heavy atom. The minimum atomic E-state index is -4.36. The topological polar surface area (TPSA) is 32.3 Å². The SMILES string of the molecule is CNCC(c1ccccc1O)C(F)(F)F. The van der Waals surface area contributed by atoms with E-state index in [0.717, 1.165) is 0 Å². The second-order valence-electron chi connectivity index (χ2n) is 3.21. The van der Waals surface area contributed by atoms with E-state index < -0.39 is 12.1 Å². The number of nitrogens with one attached hydrogen (secondary N) is 1. The zero-order chi connectivity index (χ0) is 11.5. The Morgan fingerprint density at radius 2 is 1.93 bits per heavy atom. The predicted octanol–water partition coefficient (Wildman–Crippen LogP) is 2.26. The second kappa shape index (κ2) is 4.53. The van der Waals surface area contributed by atoms with Crippen molar-refractivity contribution < 1.29 is 18.3 Å². The van der Waals surface area contributed by atoms with E-state index in [1.165, 1.54) is 31.3 Å². The highest BCUT2D eigenvalue weighted by atomic mass is 19.4. The number of likely N-dealkylation sites (N-methyl/N-ethyl adjacent to an activating group) is 1. The van der Waals surface area contributed by atoms with Crippen LogP contribution in [0.5, 0.6) is 5.75 Å². The highest BCUT2D eigenvalue weighted by Gasteiger charge is 2.41. The molecule has 1 rings (SSSR count). The van der Waals surface area contributed by atoms with Crippen LogP contribution in [0.2, 0.25) is 0 Å². The maximum Gasteiger partial charge on any atom is 0.397 e. The van der Waals surface area contributed by atoms with E-state index in [0.29, 0.717) is 0 Å². The summed E-state index contributed by atoms with van der Waals surface area (Å²) in [5, 5.41) is 11.8. The molecule has 0 spiro atoms. The molecular weight excluding hydrogens is 207 g/mol. The Hall–Kier alpha value is -1.23. The number of hydrogen-bond acceptors (Lipinski definition) is 2. The molecule has 0 heterocycles. The van der Waals surface area contributed by atoms with Gasteiger partial charge in [-0.1, -0.05) is 18.2 Å². The molecule has 0 aromatic heterocycles. The van der Waals surface area contributed by atoms with Gasteiger partial charge in [-0.05, 0) is 13.1 Å². The molecule has 1 atom stereocenters. The molecular formula is C10H12F3NO. The predicted molar refractivity (Wildman–Crippen MR) is 50.8 cm³/mol. The van der Waals surface area contributed by atoms with Crippen molar-refractivity contribution in [3.05, 3.63) is 29.8 Å². The summed E-state index contributed by atoms with van der Waals surface area (Å²) in [7, 11) is 1.44. The monoisotopic (exact) mass is 219 g/mol. The summed E-state index contributed by atoms with van der Waals surface area (Å²) in [6.07, 6.45) is -4.36. The van der Waals surface area contributed by atoms with Crippen molar-refractivity contribution in [2.45, 2.75) is 12.1 Å². The van der Waals surface area contributed by atoms with Crippen LogP contribution in [0.15, 0.2) is 24.3 Å². The molecule has 2 N–H and O–H groups in total. The average molecular weight is 219 g/mol. The number of benzene rings is 1. The lowest BCUT2D eigenvalue weighted by atomic mass is 9.97. The van der Waals surface area contributed by atoms with Crippen LogP contribution in [0.25, 0.3) is 0 Å². The first-order chi connectivity index (χ1) is 6.96. The van der Waals surface area contributed by atoms with Crippen LogP contribution in [-0.2, 0) is 0 Å². The molecule has 0 bridgehead atoms. The van der Waals surface area contributed by atoms with E-state index >= 15 is 0 Å². The van der Waals surface area contributed by atoms with Gasteiger partial charge in [0.25, 0.3) is 0 Å². The van der Waals surface area contributed by atoms with E-state index in [1.807, 2.05) is 0 Å². The van der Waals surface area contributed by atoms with Gasteiger partial charge in [0.05, 0.1) is 5.92 Å². The molecule has 84 valence electrons. The number of phenolic OH excluding ortho intramolecular Hbond substituents is 1. The van der Waals surface area contributed by atoms with E-state index in [9.17, 15) is 18.3 Å². The van der Waals surface area contributed by atoms with Crippen molar-refractivity contribution in [3.8, 4) is 5.75 Å². The fourth-order valence-electron chi connectivity index (χ4n) is 1.39. The Balaban J connectivity index is 3.05. The van der Waals surface area contributed by atoms with Crippen LogP contribution < -0.4 is 5.32 Å². The Bertz CT molecular complexity index is 325. The number of rotatable bonds is 3. The van der Waals surface area contributed by atoms with Crippen molar-refractivity contribution in [2.75, 3.05) is 13.6 Å². The largest absolute Gasteiger partial charge is 0.508 e. The molecule has 0 radical (unpaired) electrons. The molecule has 0 aliphatic carbocycles. The molecule has 0 fully saturated rings. The van der Waals surface area contributed by atoms with Gasteiger partial charge >= 0.3 is 6.18 Å². The standard InChI is InChI=1S/C10H12F3NO/c1-14-6-8(10(11,12)13)7-4-2-3-5-9(7)15/h2-5,8,14-15H,6H2,1H3. The van der Waals surface area contributed by atoms with Crippen molar-refractivity contribution in [3.63, 3.8) is 0 Å². The van der Waals surface area contributed by atoms with Crippen molar-refractivity contribution in [2.24, 2.45) is 0 Å². The lowest BCUT2D eigenvalue weighted by molar-refractivity contribution is -0.149. The first-order valence-electron chi connectivity index (χ1n) is 4.46. The minimum Gasteiger partial charge on any atom is -0.508 e. The number of halogens is 3. The van der Waals surface area contributed by atoms with Gasteiger partial charge in [-0.15, -0.1) is 0 Å². The Kier molecular flexibility index (Phi) is 3.57. The molecule has 0 aliphatic rings. The Morgan fingerprint density at radius 1 is 1.33 bits per heavy atom. The highest BCUT2D eigenvalue weighted by Crippen LogP contribution is 2.37. The molecule has 1 aromatic carbocycles. The molecule has 0 amide bonds. The van der Waals surface area contributed by atoms with Crippen molar-refractivity contribution in [1.82, 2.24) is 5.32 Å². The number of alkyl halides is 3. The summed E-state index contributed by atoms with van der Waals surface area (Å²) >= 11 is 0. The van der Waals surface area contributed by atoms with Crippen LogP contribution in [-0.4, -0.2) is 24.9 Å². The van der Waals surface area contributed by atoms with Gasteiger partial charge in [-0.2, -0.15) is 13.2 Å². The fourth-order valence-corrected chi connectivity index (χ4v) is 1.39. The quantitative estimate of drug-likeness (QED) is 0.817. The normalized spacial score (nSPS) is 13.9. The molecule has 0 saturated carbocycles. The average Bonchev–Trinajstić information content (AvgIpc) is 2.14. The van der Waals surface area contributed by atoms with Crippen LogP contribution in [0.3, 0.4) is 0 Å². The second-order valence-corrected chi connectivity index (χ2v) is 3.21. The zero-order valence-electron chi connectivity index (χ0n) is 8.17. The first kappa shape index (κ1) is 11.8. The van der Waals surface area contributed by atoms with E-state index in [1.54, 1.807) is 0 Å². The molecule has 0 aliphatic heterocycles. The van der Waals surface area contributed by atoms with Gasteiger partial charge in [0.15, 0.2) is 0 Å². The zero-order valence-corrected chi connectivity index (χ0v) is 8.17. The minimum absolute atomic E-state index is 0.0978. The van der Waals surface area contributed by atoms with E-state index in [2.05, 4.69) is 5.32 Å². The van der Waals surface area contributed by atoms with Gasteiger partial charge in [0.2, 0.25) is 0 Å². The fraction of sp³-hybridized carbons (Fsp3) is 0.400. The smallest absolute Gasteiger partial charge is 0.397 e. The lowest BCUT2D eigenvalue weighted by Crippen LogP contribution is -2.29. The van der Waals surface area contributed by atoms with E-state index in [4.69, 9.17) is 0 Å². The number of para-hydroxylation sites is 1. The van der Waals surface area contributed by atoms with Crippen LogP contribution >= 0.6 is 0 Å². The third-order valence-corrected chi connectivity index (χ3v) is 2.12. The van der Waals surface area contributed by atoms with Gasteiger partial charge in [0, 0.05) is 12.1 Å². The van der Waals surface area contributed by atoms with Crippen LogP contribution in [0.4, 0.5) is 13.2 Å². The maximum atomic E-state index is 12.6. The van der Waals surface area contributed by atoms with Gasteiger partial charge in [-0.25, -0.2) is 0 Å². The summed E-state index contributed by atoms with van der Waals surface area (Å²) in [5.74, 6) is -2.00. The summed E-state index contributed by atoms with van der Waals surface area (Å²) in [5.41, 5.74) is -0.0978. The summed E-state index contributed by atoms with van der Waals surface area (Å²) in [6, 6.07) is 5.50. The third kappa shape index (κ3) is 2.86. The number of hydrogen-bond donors (Lipinski definition) is 2. The third-order valence-electron chi connectivity index (χ3n) is 2.12. The molecule has 1 aromatic rings. The number of aromatic hydroxyl groups is 1. The molecule has 15 heavy (non-hydrogen) atoms. The van der Waals surface area contributed by atoms with Crippen LogP contribution in [0.1, 0.15) is 11.5 Å². The summed E-state index contributed by atoms with van der Waals surface area (Å²) in [6.45, 7) is -0.249. The first-order valence-corrected chi connectivity index (χ1v) is 4.46. The van der Waals surface area contributed by atoms with Gasteiger partial charge in [0.1, 0.15) is 5.75 Å². The molecule has 1 unspecified atom stereocenters.